The summed E-state index contributed by atoms with van der Waals surface area (Å²) in [7, 11) is 0. The summed E-state index contributed by atoms with van der Waals surface area (Å²) in [5.41, 5.74) is 7.13. The molecule has 4 heteroatoms. The van der Waals surface area contributed by atoms with Gasteiger partial charge in [0.25, 0.3) is 12.2 Å². The van der Waals surface area contributed by atoms with Gasteiger partial charge >= 0.3 is 0 Å². The van der Waals surface area contributed by atoms with Gasteiger partial charge in [0.1, 0.15) is 11.9 Å². The Morgan fingerprint density at radius 1 is 1.00 bits per heavy atom. The van der Waals surface area contributed by atoms with E-state index in [2.05, 4.69) is 0 Å². The average molecular weight is 255 g/mol. The summed E-state index contributed by atoms with van der Waals surface area (Å²) in [6.07, 6.45) is -1.40. The van der Waals surface area contributed by atoms with Crippen LogP contribution < -0.4 is 10.5 Å². The molecule has 0 bridgehead atoms. The fourth-order valence-corrected chi connectivity index (χ4v) is 2.16. The summed E-state index contributed by atoms with van der Waals surface area (Å²) in [5, 5.41) is 0. The molecule has 2 atom stereocenters. The maximum Gasteiger partial charge on any atom is 0.287 e. The zero-order chi connectivity index (χ0) is 13.2. The zero-order valence-corrected chi connectivity index (χ0v) is 10.2. The lowest BCUT2D eigenvalue weighted by atomic mass is 9.99. The van der Waals surface area contributed by atoms with E-state index in [1.54, 1.807) is 0 Å². The lowest BCUT2D eigenvalue weighted by Gasteiger charge is -2.31. The molecule has 2 aromatic carbocycles. The van der Waals surface area contributed by atoms with Gasteiger partial charge in [-0.3, -0.25) is 4.79 Å². The maximum atomic E-state index is 11.3. The number of fused-ring (bicyclic) bond motifs is 1. The predicted molar refractivity (Wildman–Crippen MR) is 69.4 cm³/mol. The van der Waals surface area contributed by atoms with E-state index in [4.69, 9.17) is 15.2 Å². The van der Waals surface area contributed by atoms with E-state index < -0.39 is 12.2 Å². The molecular weight excluding hydrogens is 242 g/mol. The molecule has 1 aliphatic rings. The van der Waals surface area contributed by atoms with Gasteiger partial charge in [-0.15, -0.1) is 0 Å². The number of amides is 1. The van der Waals surface area contributed by atoms with Crippen molar-refractivity contribution in [1.29, 1.82) is 0 Å². The number of nitrogens with two attached hydrogens (primary N) is 1. The first-order chi connectivity index (χ1) is 9.25. The van der Waals surface area contributed by atoms with Crippen LogP contribution in [0.3, 0.4) is 0 Å². The van der Waals surface area contributed by atoms with Crippen LogP contribution in [0.1, 0.15) is 17.2 Å². The van der Waals surface area contributed by atoms with Crippen molar-refractivity contribution in [3.8, 4) is 5.75 Å². The van der Waals surface area contributed by atoms with E-state index in [0.717, 1.165) is 11.1 Å². The smallest absolute Gasteiger partial charge is 0.287 e. The van der Waals surface area contributed by atoms with Crippen LogP contribution in [-0.2, 0) is 9.53 Å². The minimum atomic E-state index is -1.06. The van der Waals surface area contributed by atoms with Crippen molar-refractivity contribution in [3.05, 3.63) is 65.7 Å². The first-order valence-corrected chi connectivity index (χ1v) is 6.01. The molecule has 19 heavy (non-hydrogen) atoms. The van der Waals surface area contributed by atoms with Gasteiger partial charge in [0, 0.05) is 5.56 Å². The van der Waals surface area contributed by atoms with E-state index >= 15 is 0 Å². The van der Waals surface area contributed by atoms with Crippen LogP contribution >= 0.6 is 0 Å². The SMILES string of the molecule is NC(=O)C1Oc2ccccc2C(c2ccccc2)O1. The molecule has 96 valence electrons. The normalized spacial score (nSPS) is 21.3. The zero-order valence-electron chi connectivity index (χ0n) is 10.2. The molecule has 1 amide bonds. The van der Waals surface area contributed by atoms with Gasteiger partial charge in [0.2, 0.25) is 0 Å². The molecule has 0 spiro atoms. The van der Waals surface area contributed by atoms with Gasteiger partial charge in [-0.25, -0.2) is 0 Å². The highest BCUT2D eigenvalue weighted by Gasteiger charge is 2.32. The van der Waals surface area contributed by atoms with Crippen molar-refractivity contribution in [3.63, 3.8) is 0 Å². The minimum absolute atomic E-state index is 0.344. The maximum absolute atomic E-state index is 11.3. The van der Waals surface area contributed by atoms with Crippen LogP contribution in [0.4, 0.5) is 0 Å². The Morgan fingerprint density at radius 3 is 2.42 bits per heavy atom. The van der Waals surface area contributed by atoms with Crippen LogP contribution in [0.15, 0.2) is 54.6 Å². The first kappa shape index (κ1) is 11.7. The van der Waals surface area contributed by atoms with E-state index in [-0.39, 0.29) is 6.10 Å². The monoisotopic (exact) mass is 255 g/mol. The van der Waals surface area contributed by atoms with Gasteiger partial charge in [-0.05, 0) is 11.6 Å². The summed E-state index contributed by atoms with van der Waals surface area (Å²) >= 11 is 0. The minimum Gasteiger partial charge on any atom is -0.455 e. The molecule has 0 aliphatic carbocycles. The number of primary amides is 1. The Bertz CT molecular complexity index is 597. The number of benzene rings is 2. The predicted octanol–water partition coefficient (Wildman–Crippen LogP) is 2.00. The fourth-order valence-electron chi connectivity index (χ4n) is 2.16. The quantitative estimate of drug-likeness (QED) is 0.892. The molecule has 1 aliphatic heterocycles. The number of para-hydroxylation sites is 1. The second kappa shape index (κ2) is 4.74. The largest absolute Gasteiger partial charge is 0.455 e. The molecule has 0 aromatic heterocycles. The Morgan fingerprint density at radius 2 is 1.68 bits per heavy atom. The van der Waals surface area contributed by atoms with Crippen molar-refractivity contribution < 1.29 is 14.3 Å². The Kier molecular flexibility index (Phi) is 2.93. The molecule has 1 heterocycles. The third-order valence-corrected chi connectivity index (χ3v) is 3.03. The highest BCUT2D eigenvalue weighted by Crippen LogP contribution is 2.38. The van der Waals surface area contributed by atoms with Gasteiger partial charge in [0.05, 0.1) is 0 Å². The number of rotatable bonds is 2. The number of carbonyl (C=O) groups is 1. The van der Waals surface area contributed by atoms with Crippen LogP contribution in [0.25, 0.3) is 0 Å². The van der Waals surface area contributed by atoms with Crippen molar-refractivity contribution in [1.82, 2.24) is 0 Å². The first-order valence-electron chi connectivity index (χ1n) is 6.01. The Hall–Kier alpha value is -2.33. The van der Waals surface area contributed by atoms with Crippen molar-refractivity contribution in [2.45, 2.75) is 12.4 Å². The molecular formula is C15H13NO3. The molecule has 2 N–H and O–H groups in total. The number of hydrogen-bond acceptors (Lipinski definition) is 3. The third kappa shape index (κ3) is 2.18. The topological polar surface area (TPSA) is 61.6 Å². The number of hydrogen-bond donors (Lipinski definition) is 1. The second-order valence-electron chi connectivity index (χ2n) is 4.32. The van der Waals surface area contributed by atoms with Crippen molar-refractivity contribution >= 4 is 5.91 Å². The van der Waals surface area contributed by atoms with Gasteiger partial charge in [-0.1, -0.05) is 48.5 Å². The molecule has 4 nitrogen and oxygen atoms in total. The highest BCUT2D eigenvalue weighted by molar-refractivity contribution is 5.78. The molecule has 3 rings (SSSR count). The van der Waals surface area contributed by atoms with Gasteiger partial charge < -0.3 is 15.2 Å². The van der Waals surface area contributed by atoms with Gasteiger partial charge in [-0.2, -0.15) is 0 Å². The van der Waals surface area contributed by atoms with Crippen LogP contribution in [-0.4, -0.2) is 12.2 Å². The number of ether oxygens (including phenoxy) is 2. The van der Waals surface area contributed by atoms with Gasteiger partial charge in [0.15, 0.2) is 0 Å². The van der Waals surface area contributed by atoms with Crippen molar-refractivity contribution in [2.24, 2.45) is 5.73 Å². The van der Waals surface area contributed by atoms with E-state index in [0.29, 0.717) is 5.75 Å². The van der Waals surface area contributed by atoms with Crippen LogP contribution in [0, 0.1) is 0 Å². The summed E-state index contributed by atoms with van der Waals surface area (Å²) in [6, 6.07) is 17.2. The molecule has 0 saturated carbocycles. The Labute approximate surface area is 110 Å². The highest BCUT2D eigenvalue weighted by atomic mass is 16.7. The van der Waals surface area contributed by atoms with Crippen molar-refractivity contribution in [2.75, 3.05) is 0 Å². The molecule has 2 unspecified atom stereocenters. The summed E-state index contributed by atoms with van der Waals surface area (Å²) in [5.74, 6) is 0.00170. The van der Waals surface area contributed by atoms with E-state index in [1.807, 2.05) is 54.6 Å². The fraction of sp³-hybridized carbons (Fsp3) is 0.133. The lowest BCUT2D eigenvalue weighted by molar-refractivity contribution is -0.162. The second-order valence-corrected chi connectivity index (χ2v) is 4.32. The Balaban J connectivity index is 2.06. The standard InChI is InChI=1S/C15H13NO3/c16-14(17)15-18-12-9-5-4-8-11(12)13(19-15)10-6-2-1-3-7-10/h1-9,13,15H,(H2,16,17). The molecule has 0 radical (unpaired) electrons. The lowest BCUT2D eigenvalue weighted by Crippen LogP contribution is -2.40. The van der Waals surface area contributed by atoms with E-state index in [1.165, 1.54) is 0 Å². The molecule has 0 saturated heterocycles. The molecule has 0 fully saturated rings. The van der Waals surface area contributed by atoms with Crippen LogP contribution in [0.5, 0.6) is 5.75 Å². The van der Waals surface area contributed by atoms with Crippen LogP contribution in [0.2, 0.25) is 0 Å². The molecule has 2 aromatic rings. The van der Waals surface area contributed by atoms with E-state index in [9.17, 15) is 4.79 Å². The third-order valence-electron chi connectivity index (χ3n) is 3.03. The summed E-state index contributed by atoms with van der Waals surface area (Å²) in [6.45, 7) is 0. The summed E-state index contributed by atoms with van der Waals surface area (Å²) < 4.78 is 11.1. The summed E-state index contributed by atoms with van der Waals surface area (Å²) in [4.78, 5) is 11.3. The number of carbonyl (C=O) groups excluding carboxylic acids is 1. The average Bonchev–Trinajstić information content (AvgIpc) is 2.47.